The fourth-order valence-electron chi connectivity index (χ4n) is 1.28. The smallest absolute Gasteiger partial charge is 0.124 e. The van der Waals surface area contributed by atoms with Crippen LogP contribution in [-0.2, 0) is 0 Å². The summed E-state index contributed by atoms with van der Waals surface area (Å²) in [5.74, 6) is 0. The van der Waals surface area contributed by atoms with E-state index in [1.807, 2.05) is 12.3 Å². The fraction of sp³-hybridized carbons (Fsp3) is 0.375. The number of allylic oxidation sites excluding steroid dienone is 2. The Morgan fingerprint density at radius 3 is 3.30 bits per heavy atom. The van der Waals surface area contributed by atoms with Gasteiger partial charge in [0.2, 0.25) is 0 Å². The van der Waals surface area contributed by atoms with E-state index in [0.29, 0.717) is 6.17 Å². The zero-order chi connectivity index (χ0) is 6.81. The van der Waals surface area contributed by atoms with Crippen LogP contribution in [0.2, 0.25) is 0 Å². The van der Waals surface area contributed by atoms with Crippen LogP contribution in [0.5, 0.6) is 0 Å². The fourth-order valence-corrected chi connectivity index (χ4v) is 1.28. The van der Waals surface area contributed by atoms with E-state index in [-0.39, 0.29) is 0 Å². The van der Waals surface area contributed by atoms with Crippen molar-refractivity contribution >= 4 is 6.21 Å². The van der Waals surface area contributed by atoms with Crippen LogP contribution in [0.25, 0.3) is 0 Å². The van der Waals surface area contributed by atoms with Crippen molar-refractivity contribution in [2.75, 3.05) is 0 Å². The van der Waals surface area contributed by atoms with Crippen molar-refractivity contribution in [1.82, 2.24) is 4.90 Å². The van der Waals surface area contributed by atoms with Crippen molar-refractivity contribution in [3.05, 3.63) is 24.6 Å². The van der Waals surface area contributed by atoms with Crippen LogP contribution < -0.4 is 0 Å². The molecule has 1 unspecified atom stereocenters. The van der Waals surface area contributed by atoms with Crippen molar-refractivity contribution in [3.8, 4) is 0 Å². The molecule has 0 aromatic carbocycles. The Hall–Kier alpha value is -1.05. The van der Waals surface area contributed by atoms with E-state index in [1.165, 1.54) is 0 Å². The van der Waals surface area contributed by atoms with E-state index in [4.69, 9.17) is 0 Å². The molecular weight excluding hydrogens is 124 g/mol. The van der Waals surface area contributed by atoms with Crippen LogP contribution in [-0.4, -0.2) is 17.3 Å². The number of hydrogen-bond acceptors (Lipinski definition) is 2. The molecule has 0 saturated heterocycles. The standard InChI is InChI=1S/C8H10N2/c1-2-6-10-7-3-5-9-8(10)4-1/h2-3,5-8H,1,4H2. The van der Waals surface area contributed by atoms with Crippen molar-refractivity contribution in [2.24, 2.45) is 4.99 Å². The Morgan fingerprint density at radius 2 is 2.40 bits per heavy atom. The molecule has 52 valence electrons. The molecule has 2 heterocycles. The Bertz CT molecular complexity index is 203. The number of rotatable bonds is 0. The van der Waals surface area contributed by atoms with Crippen molar-refractivity contribution < 1.29 is 0 Å². The molecule has 1 atom stereocenters. The van der Waals surface area contributed by atoms with Crippen LogP contribution in [0.1, 0.15) is 12.8 Å². The molecule has 2 rings (SSSR count). The lowest BCUT2D eigenvalue weighted by atomic mass is 10.2. The largest absolute Gasteiger partial charge is 0.332 e. The number of fused-ring (bicyclic) bond motifs is 1. The maximum atomic E-state index is 4.31. The minimum Gasteiger partial charge on any atom is -0.332 e. The lowest BCUT2D eigenvalue weighted by molar-refractivity contribution is 0.337. The van der Waals surface area contributed by atoms with Gasteiger partial charge in [0.1, 0.15) is 6.17 Å². The average Bonchev–Trinajstić information content (AvgIpc) is 2.05. The Morgan fingerprint density at radius 1 is 1.40 bits per heavy atom. The quantitative estimate of drug-likeness (QED) is 0.490. The second-order valence-electron chi connectivity index (χ2n) is 2.53. The Labute approximate surface area is 60.6 Å². The number of hydrogen-bond donors (Lipinski definition) is 0. The van der Waals surface area contributed by atoms with Gasteiger partial charge >= 0.3 is 0 Å². The molecule has 0 N–H and O–H groups in total. The summed E-state index contributed by atoms with van der Waals surface area (Å²) in [6, 6.07) is 0. The van der Waals surface area contributed by atoms with Gasteiger partial charge < -0.3 is 4.90 Å². The third kappa shape index (κ3) is 0.856. The molecule has 0 bridgehead atoms. The third-order valence-electron chi connectivity index (χ3n) is 1.82. The molecule has 10 heavy (non-hydrogen) atoms. The Kier molecular flexibility index (Phi) is 1.31. The maximum absolute atomic E-state index is 4.31. The van der Waals surface area contributed by atoms with E-state index >= 15 is 0 Å². The summed E-state index contributed by atoms with van der Waals surface area (Å²) in [5.41, 5.74) is 0. The zero-order valence-electron chi connectivity index (χ0n) is 5.77. The first-order valence-corrected chi connectivity index (χ1v) is 3.61. The molecule has 0 aromatic heterocycles. The molecule has 0 fully saturated rings. The van der Waals surface area contributed by atoms with Crippen molar-refractivity contribution in [2.45, 2.75) is 19.0 Å². The van der Waals surface area contributed by atoms with Gasteiger partial charge in [0.25, 0.3) is 0 Å². The topological polar surface area (TPSA) is 15.6 Å². The van der Waals surface area contributed by atoms with Gasteiger partial charge in [0.15, 0.2) is 0 Å². The van der Waals surface area contributed by atoms with Gasteiger partial charge in [-0.1, -0.05) is 6.08 Å². The van der Waals surface area contributed by atoms with Crippen LogP contribution in [0, 0.1) is 0 Å². The molecule has 0 radical (unpaired) electrons. The first-order chi connectivity index (χ1) is 4.97. The highest BCUT2D eigenvalue weighted by atomic mass is 15.2. The van der Waals surface area contributed by atoms with Crippen LogP contribution >= 0.6 is 0 Å². The summed E-state index contributed by atoms with van der Waals surface area (Å²) >= 11 is 0. The van der Waals surface area contributed by atoms with Gasteiger partial charge in [0.05, 0.1) is 0 Å². The second kappa shape index (κ2) is 2.29. The number of nitrogens with zero attached hydrogens (tertiary/aromatic N) is 2. The first kappa shape index (κ1) is 5.71. The second-order valence-corrected chi connectivity index (χ2v) is 2.53. The van der Waals surface area contributed by atoms with Gasteiger partial charge in [-0.2, -0.15) is 0 Å². The lowest BCUT2D eigenvalue weighted by Crippen LogP contribution is -2.28. The SMILES string of the molecule is C1=CN2C=CCCC2N=C1. The van der Waals surface area contributed by atoms with E-state index in [9.17, 15) is 0 Å². The van der Waals surface area contributed by atoms with Crippen LogP contribution in [0.15, 0.2) is 29.5 Å². The molecule has 2 aliphatic heterocycles. The molecule has 2 aliphatic rings. The predicted molar refractivity (Wildman–Crippen MR) is 41.6 cm³/mol. The minimum absolute atomic E-state index is 0.384. The minimum atomic E-state index is 0.384. The molecule has 0 aromatic rings. The Balaban J connectivity index is 2.21. The van der Waals surface area contributed by atoms with E-state index in [0.717, 1.165) is 12.8 Å². The molecular formula is C8H10N2. The molecule has 0 spiro atoms. The van der Waals surface area contributed by atoms with Gasteiger partial charge in [-0.05, 0) is 18.9 Å². The van der Waals surface area contributed by atoms with Gasteiger partial charge in [0, 0.05) is 18.6 Å². The van der Waals surface area contributed by atoms with E-state index in [1.54, 1.807) is 0 Å². The molecule has 2 heteroatoms. The van der Waals surface area contributed by atoms with Crippen molar-refractivity contribution in [1.29, 1.82) is 0 Å². The number of aliphatic imine (C=N–C) groups is 1. The van der Waals surface area contributed by atoms with E-state index < -0.39 is 0 Å². The normalized spacial score (nSPS) is 28.8. The first-order valence-electron chi connectivity index (χ1n) is 3.61. The van der Waals surface area contributed by atoms with E-state index in [2.05, 4.69) is 28.4 Å². The lowest BCUT2D eigenvalue weighted by Gasteiger charge is -2.28. The predicted octanol–water partition coefficient (Wildman–Crippen LogP) is 1.52. The summed E-state index contributed by atoms with van der Waals surface area (Å²) < 4.78 is 0. The monoisotopic (exact) mass is 134 g/mol. The van der Waals surface area contributed by atoms with Crippen LogP contribution in [0.4, 0.5) is 0 Å². The summed E-state index contributed by atoms with van der Waals surface area (Å²) in [6.07, 6.45) is 12.9. The maximum Gasteiger partial charge on any atom is 0.124 e. The molecule has 0 saturated carbocycles. The highest BCUT2D eigenvalue weighted by Crippen LogP contribution is 2.17. The van der Waals surface area contributed by atoms with Gasteiger partial charge in [-0.3, -0.25) is 4.99 Å². The van der Waals surface area contributed by atoms with Gasteiger partial charge in [-0.25, -0.2) is 0 Å². The highest BCUT2D eigenvalue weighted by molar-refractivity contribution is 5.72. The molecule has 0 aliphatic carbocycles. The molecule has 2 nitrogen and oxygen atoms in total. The summed E-state index contributed by atoms with van der Waals surface area (Å²) in [4.78, 5) is 6.46. The van der Waals surface area contributed by atoms with Gasteiger partial charge in [-0.15, -0.1) is 0 Å². The third-order valence-corrected chi connectivity index (χ3v) is 1.82. The summed E-state index contributed by atoms with van der Waals surface area (Å²) in [5, 5.41) is 0. The highest BCUT2D eigenvalue weighted by Gasteiger charge is 2.14. The average molecular weight is 134 g/mol. The van der Waals surface area contributed by atoms with Crippen molar-refractivity contribution in [3.63, 3.8) is 0 Å². The summed E-state index contributed by atoms with van der Waals surface area (Å²) in [7, 11) is 0. The zero-order valence-corrected chi connectivity index (χ0v) is 5.77. The summed E-state index contributed by atoms with van der Waals surface area (Å²) in [6.45, 7) is 0. The molecule has 0 amide bonds. The van der Waals surface area contributed by atoms with Crippen LogP contribution in [0.3, 0.4) is 0 Å².